The number of nitrogens with zero attached hydrogens (tertiary/aromatic N) is 1. The lowest BCUT2D eigenvalue weighted by Crippen LogP contribution is -2.37. The molecule has 5 heteroatoms. The fraction of sp³-hybridized carbons (Fsp3) is 0.435. The van der Waals surface area contributed by atoms with Crippen LogP contribution in [0.2, 0.25) is 0 Å². The molecule has 4 rings (SSSR count). The minimum absolute atomic E-state index is 0.218. The number of halogens is 1. The average Bonchev–Trinajstić information content (AvgIpc) is 2.75. The highest BCUT2D eigenvalue weighted by molar-refractivity contribution is 5.68. The molecule has 2 aliphatic heterocycles. The Hall–Kier alpha value is -2.40. The molecule has 0 bridgehead atoms. The molecule has 0 aromatic heterocycles. The third kappa shape index (κ3) is 4.36. The van der Waals surface area contributed by atoms with Crippen LogP contribution < -0.4 is 5.32 Å². The fourth-order valence-corrected chi connectivity index (χ4v) is 4.27. The average molecular weight is 382 g/mol. The standard InChI is InChI=1S/C23H27FN2O2/c24-22-7-6-19(14-17-8-11-25-12-9-17)20-10-13-26(15-21(20)22)23(27)28-16-18-4-2-1-3-5-18/h1-7,17,25H,8-16H2. The quantitative estimate of drug-likeness (QED) is 0.867. The molecule has 0 saturated carbocycles. The van der Waals surface area contributed by atoms with Crippen molar-refractivity contribution in [3.8, 4) is 0 Å². The van der Waals surface area contributed by atoms with Gasteiger partial charge in [0.15, 0.2) is 0 Å². The minimum atomic E-state index is -0.377. The third-order valence-electron chi connectivity index (χ3n) is 5.88. The third-order valence-corrected chi connectivity index (χ3v) is 5.88. The summed E-state index contributed by atoms with van der Waals surface area (Å²) in [5.74, 6) is 0.439. The summed E-state index contributed by atoms with van der Waals surface area (Å²) in [6, 6.07) is 13.1. The molecular weight excluding hydrogens is 355 g/mol. The van der Waals surface area contributed by atoms with Crippen molar-refractivity contribution in [3.63, 3.8) is 0 Å². The van der Waals surface area contributed by atoms with E-state index >= 15 is 0 Å². The van der Waals surface area contributed by atoms with Gasteiger partial charge in [0.05, 0.1) is 6.54 Å². The van der Waals surface area contributed by atoms with Gasteiger partial charge in [0.2, 0.25) is 0 Å². The van der Waals surface area contributed by atoms with Crippen LogP contribution in [0.1, 0.15) is 35.1 Å². The molecule has 1 saturated heterocycles. The van der Waals surface area contributed by atoms with Crippen LogP contribution in [0.15, 0.2) is 42.5 Å². The summed E-state index contributed by atoms with van der Waals surface area (Å²) in [5.41, 5.74) is 3.96. The Balaban J connectivity index is 1.42. The van der Waals surface area contributed by atoms with E-state index in [9.17, 15) is 9.18 Å². The summed E-state index contributed by atoms with van der Waals surface area (Å²) in [7, 11) is 0. The number of ether oxygens (including phenoxy) is 1. The number of hydrogen-bond donors (Lipinski definition) is 1. The molecule has 0 aliphatic carbocycles. The van der Waals surface area contributed by atoms with E-state index in [0.717, 1.165) is 30.6 Å². The van der Waals surface area contributed by atoms with Crippen LogP contribution in [0.25, 0.3) is 0 Å². The molecule has 0 atom stereocenters. The normalized spacial score (nSPS) is 17.2. The van der Waals surface area contributed by atoms with E-state index in [1.807, 2.05) is 36.4 Å². The monoisotopic (exact) mass is 382 g/mol. The summed E-state index contributed by atoms with van der Waals surface area (Å²) >= 11 is 0. The molecule has 28 heavy (non-hydrogen) atoms. The van der Waals surface area contributed by atoms with E-state index in [2.05, 4.69) is 5.32 Å². The Kier molecular flexibility index (Phi) is 5.91. The summed E-state index contributed by atoms with van der Waals surface area (Å²) < 4.78 is 20.0. The largest absolute Gasteiger partial charge is 0.445 e. The van der Waals surface area contributed by atoms with E-state index in [-0.39, 0.29) is 25.1 Å². The first-order valence-electron chi connectivity index (χ1n) is 10.2. The van der Waals surface area contributed by atoms with Crippen molar-refractivity contribution in [2.45, 2.75) is 38.8 Å². The second kappa shape index (κ2) is 8.74. The van der Waals surface area contributed by atoms with Crippen LogP contribution in [-0.2, 0) is 30.7 Å². The molecule has 0 spiro atoms. The van der Waals surface area contributed by atoms with E-state index in [1.54, 1.807) is 11.0 Å². The van der Waals surface area contributed by atoms with Crippen molar-refractivity contribution >= 4 is 6.09 Å². The maximum Gasteiger partial charge on any atom is 0.410 e. The number of hydrogen-bond acceptors (Lipinski definition) is 3. The van der Waals surface area contributed by atoms with E-state index < -0.39 is 0 Å². The van der Waals surface area contributed by atoms with Gasteiger partial charge >= 0.3 is 6.09 Å². The summed E-state index contributed by atoms with van der Waals surface area (Å²) in [4.78, 5) is 14.1. The van der Waals surface area contributed by atoms with Crippen molar-refractivity contribution in [2.75, 3.05) is 19.6 Å². The highest BCUT2D eigenvalue weighted by Gasteiger charge is 2.27. The summed E-state index contributed by atoms with van der Waals surface area (Å²) in [6.45, 7) is 3.23. The summed E-state index contributed by atoms with van der Waals surface area (Å²) in [6.07, 6.45) is 3.66. The van der Waals surface area contributed by atoms with Crippen molar-refractivity contribution in [1.82, 2.24) is 10.2 Å². The van der Waals surface area contributed by atoms with Gasteiger partial charge in [-0.25, -0.2) is 9.18 Å². The smallest absolute Gasteiger partial charge is 0.410 e. The van der Waals surface area contributed by atoms with Crippen LogP contribution in [0.3, 0.4) is 0 Å². The van der Waals surface area contributed by atoms with E-state index in [4.69, 9.17) is 4.74 Å². The SMILES string of the molecule is O=C(OCc1ccccc1)N1CCc2c(CC3CCNCC3)ccc(F)c2C1. The number of rotatable bonds is 4. The lowest BCUT2D eigenvalue weighted by Gasteiger charge is -2.31. The second-order valence-electron chi connectivity index (χ2n) is 7.77. The Bertz CT molecular complexity index is 819. The van der Waals surface area contributed by atoms with Gasteiger partial charge in [0.25, 0.3) is 0 Å². The minimum Gasteiger partial charge on any atom is -0.445 e. The molecule has 1 N–H and O–H groups in total. The van der Waals surface area contributed by atoms with Crippen molar-refractivity contribution in [1.29, 1.82) is 0 Å². The number of fused-ring (bicyclic) bond motifs is 1. The number of carbonyl (C=O) groups excluding carboxylic acids is 1. The van der Waals surface area contributed by atoms with Gasteiger partial charge in [-0.2, -0.15) is 0 Å². The molecule has 1 amide bonds. The number of benzene rings is 2. The molecule has 148 valence electrons. The number of piperidine rings is 1. The molecule has 0 radical (unpaired) electrons. The zero-order chi connectivity index (χ0) is 19.3. The maximum absolute atomic E-state index is 14.5. The molecule has 2 aromatic carbocycles. The zero-order valence-electron chi connectivity index (χ0n) is 16.1. The van der Waals surface area contributed by atoms with Gasteiger partial charge in [-0.05, 0) is 67.4 Å². The van der Waals surface area contributed by atoms with Gasteiger partial charge in [-0.1, -0.05) is 36.4 Å². The predicted molar refractivity (Wildman–Crippen MR) is 106 cm³/mol. The van der Waals surface area contributed by atoms with Crippen LogP contribution in [0.4, 0.5) is 9.18 Å². The molecule has 4 nitrogen and oxygen atoms in total. The molecule has 2 aliphatic rings. The van der Waals surface area contributed by atoms with Crippen molar-refractivity contribution < 1.29 is 13.9 Å². The van der Waals surface area contributed by atoms with E-state index in [0.29, 0.717) is 24.4 Å². The molecule has 2 aromatic rings. The highest BCUT2D eigenvalue weighted by atomic mass is 19.1. The van der Waals surface area contributed by atoms with Gasteiger partial charge in [-0.15, -0.1) is 0 Å². The van der Waals surface area contributed by atoms with Crippen LogP contribution in [0.5, 0.6) is 0 Å². The highest BCUT2D eigenvalue weighted by Crippen LogP contribution is 2.29. The van der Waals surface area contributed by atoms with Gasteiger partial charge in [0.1, 0.15) is 12.4 Å². The maximum atomic E-state index is 14.5. The van der Waals surface area contributed by atoms with Crippen molar-refractivity contribution in [2.24, 2.45) is 5.92 Å². The first-order chi connectivity index (χ1) is 13.7. The van der Waals surface area contributed by atoms with Crippen LogP contribution in [-0.4, -0.2) is 30.6 Å². The Morgan fingerprint density at radius 3 is 2.68 bits per heavy atom. The lowest BCUT2D eigenvalue weighted by molar-refractivity contribution is 0.0913. The van der Waals surface area contributed by atoms with Crippen LogP contribution in [0, 0.1) is 11.7 Å². The molecular formula is C23H27FN2O2. The van der Waals surface area contributed by atoms with Gasteiger partial charge < -0.3 is 15.0 Å². The van der Waals surface area contributed by atoms with Crippen molar-refractivity contribution in [3.05, 3.63) is 70.5 Å². The number of nitrogens with one attached hydrogen (secondary N) is 1. The Morgan fingerprint density at radius 1 is 1.11 bits per heavy atom. The number of carbonyl (C=O) groups is 1. The lowest BCUT2D eigenvalue weighted by atomic mass is 9.85. The first kappa shape index (κ1) is 18.9. The summed E-state index contributed by atoms with van der Waals surface area (Å²) in [5, 5.41) is 3.40. The Labute approximate surface area is 165 Å². The van der Waals surface area contributed by atoms with E-state index in [1.165, 1.54) is 18.4 Å². The fourth-order valence-electron chi connectivity index (χ4n) is 4.27. The second-order valence-corrected chi connectivity index (χ2v) is 7.77. The predicted octanol–water partition coefficient (Wildman–Crippen LogP) is 4.06. The van der Waals surface area contributed by atoms with Gasteiger partial charge in [-0.3, -0.25) is 0 Å². The number of amides is 1. The zero-order valence-corrected chi connectivity index (χ0v) is 16.1. The first-order valence-corrected chi connectivity index (χ1v) is 10.2. The molecule has 2 heterocycles. The topological polar surface area (TPSA) is 41.6 Å². The van der Waals surface area contributed by atoms with Gasteiger partial charge in [0, 0.05) is 12.1 Å². The molecule has 0 unspecified atom stereocenters. The molecule has 1 fully saturated rings. The van der Waals surface area contributed by atoms with Crippen LogP contribution >= 0.6 is 0 Å². The Morgan fingerprint density at radius 2 is 1.89 bits per heavy atom.